The Kier molecular flexibility index (Phi) is 6.51. The number of carboxylic acid groups (broad SMARTS) is 1. The summed E-state index contributed by atoms with van der Waals surface area (Å²) in [5.41, 5.74) is 2.02. The summed E-state index contributed by atoms with van der Waals surface area (Å²) >= 11 is 1.04. The summed E-state index contributed by atoms with van der Waals surface area (Å²) < 4.78 is 0. The lowest BCUT2D eigenvalue weighted by atomic mass is 10.1. The zero-order valence-electron chi connectivity index (χ0n) is 14.6. The van der Waals surface area contributed by atoms with Crippen LogP contribution in [-0.4, -0.2) is 39.0 Å². The van der Waals surface area contributed by atoms with Gasteiger partial charge in [-0.2, -0.15) is 5.10 Å². The zero-order valence-corrected chi connectivity index (χ0v) is 15.5. The number of thioether (sulfide) groups is 1. The molecule has 1 aliphatic heterocycles. The van der Waals surface area contributed by atoms with E-state index in [-0.39, 0.29) is 29.3 Å². The highest BCUT2D eigenvalue weighted by Crippen LogP contribution is 2.22. The number of carboxylic acids is 1. The Bertz CT molecular complexity index is 789. The quantitative estimate of drug-likeness (QED) is 0.518. The van der Waals surface area contributed by atoms with Gasteiger partial charge in [0.25, 0.3) is 0 Å². The van der Waals surface area contributed by atoms with Crippen LogP contribution in [0.5, 0.6) is 0 Å². The van der Waals surface area contributed by atoms with Gasteiger partial charge >= 0.3 is 5.97 Å². The lowest BCUT2D eigenvalue weighted by Crippen LogP contribution is -2.26. The minimum atomic E-state index is -1.04. The van der Waals surface area contributed by atoms with Crippen molar-refractivity contribution in [2.24, 2.45) is 16.1 Å². The van der Waals surface area contributed by atoms with Crippen LogP contribution < -0.4 is 10.6 Å². The Hall–Kier alpha value is -2.68. The molecule has 0 aromatic heterocycles. The van der Waals surface area contributed by atoms with E-state index in [1.807, 2.05) is 19.9 Å². The van der Waals surface area contributed by atoms with Crippen molar-refractivity contribution in [3.05, 3.63) is 29.8 Å². The Balaban J connectivity index is 2.09. The van der Waals surface area contributed by atoms with Crippen molar-refractivity contribution in [3.63, 3.8) is 0 Å². The lowest BCUT2D eigenvalue weighted by molar-refractivity contribution is -0.138. The standard InChI is InChI=1S/C17H20N4O4S/c1-9(2)15(24)18-12-6-4-5-11(7-12)10(3)20-21-17-19-16(25)13(26-17)8-14(22)23/h4-7,9,13H,8H2,1-3H3,(H,18,24)(H,22,23)(H,19,21,25)/b20-10-. The van der Waals surface area contributed by atoms with Crippen molar-refractivity contribution >= 4 is 46.1 Å². The normalized spacial score (nSPS) is 18.9. The van der Waals surface area contributed by atoms with Crippen molar-refractivity contribution in [1.82, 2.24) is 5.32 Å². The molecule has 1 unspecified atom stereocenters. The summed E-state index contributed by atoms with van der Waals surface area (Å²) in [4.78, 5) is 34.2. The molecule has 1 atom stereocenters. The van der Waals surface area contributed by atoms with E-state index < -0.39 is 11.2 Å². The number of nitrogens with zero attached hydrogens (tertiary/aromatic N) is 2. The molecule has 1 aliphatic rings. The molecule has 1 aromatic rings. The Morgan fingerprint density at radius 1 is 1.38 bits per heavy atom. The van der Waals surface area contributed by atoms with Gasteiger partial charge in [0.05, 0.1) is 12.1 Å². The molecule has 2 rings (SSSR count). The molecule has 0 saturated carbocycles. The van der Waals surface area contributed by atoms with Crippen LogP contribution >= 0.6 is 11.8 Å². The van der Waals surface area contributed by atoms with E-state index in [0.717, 1.165) is 17.3 Å². The summed E-state index contributed by atoms with van der Waals surface area (Å²) in [5, 5.41) is 21.7. The smallest absolute Gasteiger partial charge is 0.305 e. The van der Waals surface area contributed by atoms with Crippen molar-refractivity contribution in [2.75, 3.05) is 5.32 Å². The largest absolute Gasteiger partial charge is 0.481 e. The van der Waals surface area contributed by atoms with Gasteiger partial charge in [-0.1, -0.05) is 37.7 Å². The second-order valence-corrected chi connectivity index (χ2v) is 7.20. The van der Waals surface area contributed by atoms with Gasteiger partial charge < -0.3 is 15.7 Å². The number of carbonyl (C=O) groups excluding carboxylic acids is 2. The number of nitrogens with one attached hydrogen (secondary N) is 2. The molecule has 0 aliphatic carbocycles. The molecule has 0 spiro atoms. The van der Waals surface area contributed by atoms with Crippen molar-refractivity contribution < 1.29 is 19.5 Å². The van der Waals surface area contributed by atoms with Gasteiger partial charge in [0.15, 0.2) is 5.17 Å². The lowest BCUT2D eigenvalue weighted by Gasteiger charge is -2.09. The van der Waals surface area contributed by atoms with Crippen molar-refractivity contribution in [2.45, 2.75) is 32.4 Å². The molecule has 0 bridgehead atoms. The number of rotatable bonds is 6. The molecule has 26 heavy (non-hydrogen) atoms. The van der Waals surface area contributed by atoms with Crippen molar-refractivity contribution in [3.8, 4) is 0 Å². The number of hydrogen-bond donors (Lipinski definition) is 3. The Morgan fingerprint density at radius 3 is 2.77 bits per heavy atom. The number of amides is 2. The molecule has 0 radical (unpaired) electrons. The average Bonchev–Trinajstić information content (AvgIpc) is 2.92. The van der Waals surface area contributed by atoms with Gasteiger partial charge in [-0.15, -0.1) is 5.10 Å². The number of hydrogen-bond acceptors (Lipinski definition) is 6. The first-order chi connectivity index (χ1) is 12.3. The van der Waals surface area contributed by atoms with Gasteiger partial charge in [-0.25, -0.2) is 0 Å². The summed E-state index contributed by atoms with van der Waals surface area (Å²) in [5.74, 6) is -1.63. The molecule has 1 saturated heterocycles. The van der Waals surface area contributed by atoms with E-state index in [1.165, 1.54) is 0 Å². The van der Waals surface area contributed by atoms with E-state index in [9.17, 15) is 14.4 Å². The first kappa shape index (κ1) is 19.6. The third-order valence-electron chi connectivity index (χ3n) is 3.50. The highest BCUT2D eigenvalue weighted by atomic mass is 32.2. The molecular formula is C17H20N4O4S. The minimum absolute atomic E-state index is 0.0773. The monoisotopic (exact) mass is 376 g/mol. The fourth-order valence-electron chi connectivity index (χ4n) is 2.03. The highest BCUT2D eigenvalue weighted by molar-refractivity contribution is 8.15. The first-order valence-corrected chi connectivity index (χ1v) is 8.87. The van der Waals surface area contributed by atoms with Crippen LogP contribution in [0.25, 0.3) is 0 Å². The van der Waals surface area contributed by atoms with Gasteiger partial charge in [0, 0.05) is 11.6 Å². The van der Waals surface area contributed by atoms with E-state index in [2.05, 4.69) is 20.8 Å². The second-order valence-electron chi connectivity index (χ2n) is 6.01. The highest BCUT2D eigenvalue weighted by Gasteiger charge is 2.32. The summed E-state index contributed by atoms with van der Waals surface area (Å²) in [6.07, 6.45) is -0.268. The first-order valence-electron chi connectivity index (χ1n) is 7.99. The van der Waals surface area contributed by atoms with Crippen LogP contribution in [0.15, 0.2) is 34.5 Å². The predicted octanol–water partition coefficient (Wildman–Crippen LogP) is 2.07. The molecule has 2 amide bonds. The van der Waals surface area contributed by atoms with Crippen LogP contribution in [-0.2, 0) is 14.4 Å². The van der Waals surface area contributed by atoms with Crippen molar-refractivity contribution in [1.29, 1.82) is 0 Å². The third-order valence-corrected chi connectivity index (χ3v) is 4.57. The van der Waals surface area contributed by atoms with Crippen LogP contribution in [0.4, 0.5) is 5.69 Å². The topological polar surface area (TPSA) is 120 Å². The fourth-order valence-corrected chi connectivity index (χ4v) is 2.94. The number of benzene rings is 1. The fraction of sp³-hybridized carbons (Fsp3) is 0.353. The zero-order chi connectivity index (χ0) is 19.3. The van der Waals surface area contributed by atoms with E-state index in [4.69, 9.17) is 5.11 Å². The average molecular weight is 376 g/mol. The minimum Gasteiger partial charge on any atom is -0.481 e. The maximum Gasteiger partial charge on any atom is 0.305 e. The van der Waals surface area contributed by atoms with Gasteiger partial charge in [0.2, 0.25) is 11.8 Å². The SMILES string of the molecule is C/C(=N/N=C1\NC(=O)C(CC(=O)O)S1)c1cccc(NC(=O)C(C)C)c1. The summed E-state index contributed by atoms with van der Waals surface area (Å²) in [7, 11) is 0. The molecule has 3 N–H and O–H groups in total. The van der Waals surface area contributed by atoms with E-state index in [1.54, 1.807) is 25.1 Å². The number of anilines is 1. The van der Waals surface area contributed by atoms with Crippen LogP contribution in [0.3, 0.4) is 0 Å². The summed E-state index contributed by atoms with van der Waals surface area (Å²) in [6, 6.07) is 7.20. The molecule has 9 heteroatoms. The number of aliphatic carboxylic acids is 1. The molecule has 1 heterocycles. The van der Waals surface area contributed by atoms with Gasteiger partial charge in [-0.05, 0) is 24.6 Å². The number of carbonyl (C=O) groups is 3. The third kappa shape index (κ3) is 5.41. The second kappa shape index (κ2) is 8.61. The van der Waals surface area contributed by atoms with E-state index >= 15 is 0 Å². The van der Waals surface area contributed by atoms with E-state index in [0.29, 0.717) is 11.4 Å². The van der Waals surface area contributed by atoms with Crippen LogP contribution in [0.1, 0.15) is 32.8 Å². The molecule has 8 nitrogen and oxygen atoms in total. The molecule has 138 valence electrons. The molecule has 1 aromatic carbocycles. The maximum atomic E-state index is 11.8. The Labute approximate surface area is 155 Å². The maximum absolute atomic E-state index is 11.8. The molecule has 1 fully saturated rings. The summed E-state index contributed by atoms with van der Waals surface area (Å²) in [6.45, 7) is 5.38. The predicted molar refractivity (Wildman–Crippen MR) is 101 cm³/mol. The van der Waals surface area contributed by atoms with Crippen LogP contribution in [0.2, 0.25) is 0 Å². The van der Waals surface area contributed by atoms with Crippen LogP contribution in [0, 0.1) is 5.92 Å². The van der Waals surface area contributed by atoms with Gasteiger partial charge in [-0.3, -0.25) is 14.4 Å². The Morgan fingerprint density at radius 2 is 2.12 bits per heavy atom. The number of amidine groups is 1. The van der Waals surface area contributed by atoms with Gasteiger partial charge in [0.1, 0.15) is 5.25 Å². The molecular weight excluding hydrogens is 356 g/mol.